The summed E-state index contributed by atoms with van der Waals surface area (Å²) in [5.74, 6) is -0.915. The first-order valence-electron chi connectivity index (χ1n) is 8.75. The summed E-state index contributed by atoms with van der Waals surface area (Å²) in [4.78, 5) is 31.1. The lowest BCUT2D eigenvalue weighted by molar-refractivity contribution is -0.129. The standard InChI is InChI=1S/C20H19ClFN3O2S/c1-3-25-18(26)11-17(19(27)23-15-8-7-12(2)16(21)10-15)28-20(25)24-14-6-4-5-13(22)9-14/h4-10,17H,3,11H2,1-2H3,(H,23,27). The average molecular weight is 420 g/mol. The predicted octanol–water partition coefficient (Wildman–Crippen LogP) is 4.77. The molecular formula is C20H19ClFN3O2S. The maximum Gasteiger partial charge on any atom is 0.238 e. The molecule has 2 amide bonds. The minimum atomic E-state index is -0.636. The molecule has 1 fully saturated rings. The molecule has 2 aromatic rings. The number of amides is 2. The summed E-state index contributed by atoms with van der Waals surface area (Å²) in [6, 6.07) is 11.0. The van der Waals surface area contributed by atoms with Crippen LogP contribution in [-0.4, -0.2) is 33.7 Å². The van der Waals surface area contributed by atoms with Crippen molar-refractivity contribution in [3.05, 3.63) is 58.9 Å². The Morgan fingerprint density at radius 2 is 2.14 bits per heavy atom. The normalized spacial score (nSPS) is 18.4. The van der Waals surface area contributed by atoms with Crippen molar-refractivity contribution in [1.82, 2.24) is 4.90 Å². The Kier molecular flexibility index (Phi) is 6.36. The van der Waals surface area contributed by atoms with E-state index < -0.39 is 11.1 Å². The molecule has 1 atom stereocenters. The molecular weight excluding hydrogens is 401 g/mol. The van der Waals surface area contributed by atoms with Gasteiger partial charge in [-0.2, -0.15) is 0 Å². The van der Waals surface area contributed by atoms with E-state index in [0.717, 1.165) is 5.56 Å². The van der Waals surface area contributed by atoms with Gasteiger partial charge in [0.2, 0.25) is 11.8 Å². The number of carbonyl (C=O) groups is 2. The van der Waals surface area contributed by atoms with E-state index in [1.165, 1.54) is 28.8 Å². The smallest absolute Gasteiger partial charge is 0.238 e. The van der Waals surface area contributed by atoms with Gasteiger partial charge in [0.1, 0.15) is 11.1 Å². The lowest BCUT2D eigenvalue weighted by Gasteiger charge is -2.30. The van der Waals surface area contributed by atoms with Crippen molar-refractivity contribution in [2.24, 2.45) is 4.99 Å². The van der Waals surface area contributed by atoms with Crippen LogP contribution in [0.3, 0.4) is 0 Å². The molecule has 1 N–H and O–H groups in total. The van der Waals surface area contributed by atoms with Gasteiger partial charge in [0.25, 0.3) is 0 Å². The number of hydrogen-bond donors (Lipinski definition) is 1. The molecule has 3 rings (SSSR count). The zero-order valence-electron chi connectivity index (χ0n) is 15.4. The summed E-state index contributed by atoms with van der Waals surface area (Å²) in [5.41, 5.74) is 1.86. The SMILES string of the molecule is CCN1C(=O)CC(C(=O)Nc2ccc(C)c(Cl)c2)SC1=Nc1cccc(F)c1. The molecule has 0 saturated carbocycles. The first-order chi connectivity index (χ1) is 13.4. The van der Waals surface area contributed by atoms with Gasteiger partial charge in [-0.1, -0.05) is 35.5 Å². The average Bonchev–Trinajstić information content (AvgIpc) is 2.64. The summed E-state index contributed by atoms with van der Waals surface area (Å²) in [7, 11) is 0. The zero-order valence-corrected chi connectivity index (χ0v) is 17.0. The van der Waals surface area contributed by atoms with Crippen molar-refractivity contribution in [3.8, 4) is 0 Å². The number of carbonyl (C=O) groups excluding carboxylic acids is 2. The second kappa shape index (κ2) is 8.75. The molecule has 0 bridgehead atoms. The summed E-state index contributed by atoms with van der Waals surface area (Å²) in [6.45, 7) is 4.12. The van der Waals surface area contributed by atoms with Gasteiger partial charge in [-0.05, 0) is 49.7 Å². The highest BCUT2D eigenvalue weighted by atomic mass is 35.5. The second-order valence-electron chi connectivity index (χ2n) is 6.28. The van der Waals surface area contributed by atoms with Crippen LogP contribution < -0.4 is 5.32 Å². The Labute approximate surface area is 172 Å². The number of thioether (sulfide) groups is 1. The Balaban J connectivity index is 1.81. The largest absolute Gasteiger partial charge is 0.325 e. The molecule has 1 unspecified atom stereocenters. The minimum Gasteiger partial charge on any atom is -0.325 e. The third-order valence-corrected chi connectivity index (χ3v) is 5.82. The van der Waals surface area contributed by atoms with E-state index in [1.807, 2.05) is 19.9 Å². The van der Waals surface area contributed by atoms with Gasteiger partial charge in [0.15, 0.2) is 5.17 Å². The van der Waals surface area contributed by atoms with E-state index in [-0.39, 0.29) is 18.2 Å². The summed E-state index contributed by atoms with van der Waals surface area (Å²) < 4.78 is 13.5. The number of aryl methyl sites for hydroxylation is 1. The van der Waals surface area contributed by atoms with E-state index >= 15 is 0 Å². The molecule has 8 heteroatoms. The Morgan fingerprint density at radius 1 is 1.36 bits per heavy atom. The van der Waals surface area contributed by atoms with E-state index in [0.29, 0.717) is 28.1 Å². The van der Waals surface area contributed by atoms with Crippen molar-refractivity contribution >= 4 is 51.7 Å². The fourth-order valence-electron chi connectivity index (χ4n) is 2.70. The lowest BCUT2D eigenvalue weighted by Crippen LogP contribution is -2.45. The zero-order chi connectivity index (χ0) is 20.3. The third-order valence-electron chi connectivity index (χ3n) is 4.22. The number of hydrogen-bond acceptors (Lipinski definition) is 4. The molecule has 5 nitrogen and oxygen atoms in total. The molecule has 1 heterocycles. The lowest BCUT2D eigenvalue weighted by atomic mass is 10.2. The van der Waals surface area contributed by atoms with Crippen LogP contribution in [0, 0.1) is 12.7 Å². The van der Waals surface area contributed by atoms with Crippen molar-refractivity contribution in [2.45, 2.75) is 25.5 Å². The van der Waals surface area contributed by atoms with Crippen LogP contribution in [0.15, 0.2) is 47.5 Å². The number of amidine groups is 1. The molecule has 0 radical (unpaired) electrons. The Hall–Kier alpha value is -2.38. The molecule has 0 spiro atoms. The van der Waals surface area contributed by atoms with E-state index in [1.54, 1.807) is 24.3 Å². The van der Waals surface area contributed by atoms with Gasteiger partial charge in [-0.15, -0.1) is 0 Å². The minimum absolute atomic E-state index is 0.0616. The molecule has 0 aliphatic carbocycles. The van der Waals surface area contributed by atoms with E-state index in [4.69, 9.17) is 11.6 Å². The highest BCUT2D eigenvalue weighted by Gasteiger charge is 2.35. The molecule has 1 aliphatic heterocycles. The third kappa shape index (κ3) is 4.72. The van der Waals surface area contributed by atoms with Gasteiger partial charge in [0, 0.05) is 23.7 Å². The van der Waals surface area contributed by atoms with Crippen LogP contribution >= 0.6 is 23.4 Å². The number of benzene rings is 2. The van der Waals surface area contributed by atoms with Crippen molar-refractivity contribution in [3.63, 3.8) is 0 Å². The summed E-state index contributed by atoms with van der Waals surface area (Å²) in [6.07, 6.45) is 0.0616. The number of halogens is 2. The fraction of sp³-hybridized carbons (Fsp3) is 0.250. The molecule has 0 aromatic heterocycles. The molecule has 2 aromatic carbocycles. The number of aliphatic imine (C=N–C) groups is 1. The van der Waals surface area contributed by atoms with E-state index in [9.17, 15) is 14.0 Å². The molecule has 1 aliphatic rings. The van der Waals surface area contributed by atoms with Crippen LogP contribution in [0.5, 0.6) is 0 Å². The van der Waals surface area contributed by atoms with Crippen LogP contribution in [0.25, 0.3) is 0 Å². The number of nitrogens with one attached hydrogen (secondary N) is 1. The van der Waals surface area contributed by atoms with Gasteiger partial charge in [0.05, 0.1) is 5.69 Å². The van der Waals surface area contributed by atoms with Crippen LogP contribution in [0.4, 0.5) is 15.8 Å². The van der Waals surface area contributed by atoms with Crippen molar-refractivity contribution in [1.29, 1.82) is 0 Å². The highest BCUT2D eigenvalue weighted by Crippen LogP contribution is 2.30. The van der Waals surface area contributed by atoms with Crippen LogP contribution in [-0.2, 0) is 9.59 Å². The van der Waals surface area contributed by atoms with Gasteiger partial charge >= 0.3 is 0 Å². The number of anilines is 1. The predicted molar refractivity (Wildman–Crippen MR) is 112 cm³/mol. The van der Waals surface area contributed by atoms with Gasteiger partial charge < -0.3 is 5.32 Å². The monoisotopic (exact) mass is 419 g/mol. The molecule has 146 valence electrons. The quantitative estimate of drug-likeness (QED) is 0.776. The van der Waals surface area contributed by atoms with E-state index in [2.05, 4.69) is 10.3 Å². The second-order valence-corrected chi connectivity index (χ2v) is 7.85. The van der Waals surface area contributed by atoms with Crippen LogP contribution in [0.1, 0.15) is 18.9 Å². The summed E-state index contributed by atoms with van der Waals surface area (Å²) in [5, 5.41) is 3.09. The first kappa shape index (κ1) is 20.4. The topological polar surface area (TPSA) is 61.8 Å². The van der Waals surface area contributed by atoms with Crippen molar-refractivity contribution < 1.29 is 14.0 Å². The van der Waals surface area contributed by atoms with Crippen molar-refractivity contribution in [2.75, 3.05) is 11.9 Å². The summed E-state index contributed by atoms with van der Waals surface area (Å²) >= 11 is 7.29. The number of rotatable bonds is 4. The maximum absolute atomic E-state index is 13.5. The van der Waals surface area contributed by atoms with Gasteiger partial charge in [-0.25, -0.2) is 9.38 Å². The molecule has 1 saturated heterocycles. The molecule has 28 heavy (non-hydrogen) atoms. The highest BCUT2D eigenvalue weighted by molar-refractivity contribution is 8.15. The van der Waals surface area contributed by atoms with Gasteiger partial charge in [-0.3, -0.25) is 14.5 Å². The van der Waals surface area contributed by atoms with Crippen LogP contribution in [0.2, 0.25) is 5.02 Å². The Bertz CT molecular complexity index is 951. The maximum atomic E-state index is 13.5. The fourth-order valence-corrected chi connectivity index (χ4v) is 4.05. The number of nitrogens with zero attached hydrogens (tertiary/aromatic N) is 2. The Morgan fingerprint density at radius 3 is 2.82 bits per heavy atom. The first-order valence-corrected chi connectivity index (χ1v) is 10.0.